The molecule has 0 saturated heterocycles. The van der Waals surface area contributed by atoms with Gasteiger partial charge in [0, 0.05) is 12.2 Å². The number of anilines is 1. The van der Waals surface area contributed by atoms with E-state index in [-0.39, 0.29) is 0 Å². The van der Waals surface area contributed by atoms with Crippen LogP contribution < -0.4 is 5.32 Å². The second kappa shape index (κ2) is 5.79. The van der Waals surface area contributed by atoms with Crippen LogP contribution in [0.1, 0.15) is 35.4 Å². The maximum Gasteiger partial charge on any atom is 0.0669 e. The van der Waals surface area contributed by atoms with Crippen LogP contribution in [0.25, 0.3) is 0 Å². The van der Waals surface area contributed by atoms with Gasteiger partial charge in [-0.05, 0) is 47.6 Å². The number of nitrogens with zero attached hydrogens (tertiary/aromatic N) is 1. The zero-order valence-corrected chi connectivity index (χ0v) is 11.5. The van der Waals surface area contributed by atoms with Gasteiger partial charge in [0.05, 0.1) is 12.5 Å². The minimum atomic E-state index is 0.477. The van der Waals surface area contributed by atoms with Gasteiger partial charge in [-0.2, -0.15) is 5.26 Å². The molecule has 2 nitrogen and oxygen atoms in total. The van der Waals surface area contributed by atoms with E-state index in [0.717, 1.165) is 23.7 Å². The molecule has 3 rings (SSSR count). The van der Waals surface area contributed by atoms with Crippen molar-refractivity contribution < 1.29 is 0 Å². The Morgan fingerprint density at radius 2 is 1.80 bits per heavy atom. The van der Waals surface area contributed by atoms with Crippen molar-refractivity contribution in [3.05, 3.63) is 65.2 Å². The Labute approximate surface area is 120 Å². The van der Waals surface area contributed by atoms with E-state index in [4.69, 9.17) is 5.26 Å². The molecule has 0 radical (unpaired) electrons. The van der Waals surface area contributed by atoms with E-state index in [1.807, 2.05) is 24.3 Å². The first kappa shape index (κ1) is 12.7. The molecular formula is C18H18N2. The molecule has 0 aliphatic heterocycles. The van der Waals surface area contributed by atoms with Crippen molar-refractivity contribution in [1.29, 1.82) is 5.26 Å². The average molecular weight is 262 g/mol. The highest BCUT2D eigenvalue weighted by Gasteiger charge is 2.25. The molecule has 0 unspecified atom stereocenters. The van der Waals surface area contributed by atoms with E-state index in [2.05, 4.69) is 35.7 Å². The van der Waals surface area contributed by atoms with Crippen molar-refractivity contribution >= 4 is 5.69 Å². The van der Waals surface area contributed by atoms with Gasteiger partial charge in [-0.25, -0.2) is 0 Å². The maximum absolute atomic E-state index is 8.66. The summed E-state index contributed by atoms with van der Waals surface area (Å²) < 4.78 is 0. The van der Waals surface area contributed by atoms with Crippen LogP contribution in [0.2, 0.25) is 0 Å². The molecule has 2 aromatic carbocycles. The molecule has 0 amide bonds. The summed E-state index contributed by atoms with van der Waals surface area (Å²) in [5, 5.41) is 12.1. The van der Waals surface area contributed by atoms with Gasteiger partial charge >= 0.3 is 0 Å². The second-order valence-electron chi connectivity index (χ2n) is 5.36. The van der Waals surface area contributed by atoms with Crippen LogP contribution in [-0.4, -0.2) is 0 Å². The highest BCUT2D eigenvalue weighted by molar-refractivity contribution is 5.46. The molecule has 1 saturated carbocycles. The van der Waals surface area contributed by atoms with Gasteiger partial charge in [0.2, 0.25) is 0 Å². The Bertz CT molecular complexity index is 619. The highest BCUT2D eigenvalue weighted by Crippen LogP contribution is 2.41. The summed E-state index contributed by atoms with van der Waals surface area (Å²) in [6.07, 6.45) is 3.14. The predicted molar refractivity (Wildman–Crippen MR) is 81.5 cm³/mol. The number of benzene rings is 2. The van der Waals surface area contributed by atoms with Crippen LogP contribution >= 0.6 is 0 Å². The monoisotopic (exact) mass is 262 g/mol. The molecule has 2 aromatic rings. The quantitative estimate of drug-likeness (QED) is 0.874. The third kappa shape index (κ3) is 3.00. The van der Waals surface area contributed by atoms with Crippen LogP contribution in [0.5, 0.6) is 0 Å². The van der Waals surface area contributed by atoms with Crippen molar-refractivity contribution in [3.8, 4) is 6.07 Å². The maximum atomic E-state index is 8.66. The topological polar surface area (TPSA) is 35.8 Å². The largest absolute Gasteiger partial charge is 0.381 e. The molecule has 1 N–H and O–H groups in total. The lowest BCUT2D eigenvalue weighted by Gasteiger charge is -2.11. The minimum Gasteiger partial charge on any atom is -0.381 e. The van der Waals surface area contributed by atoms with Crippen molar-refractivity contribution in [2.75, 3.05) is 5.32 Å². The normalized spacial score (nSPS) is 13.8. The highest BCUT2D eigenvalue weighted by atomic mass is 14.9. The Hall–Kier alpha value is -2.27. The fourth-order valence-corrected chi connectivity index (χ4v) is 2.52. The van der Waals surface area contributed by atoms with Crippen LogP contribution in [0, 0.1) is 11.3 Å². The SMILES string of the molecule is N#CCc1ccc(NCc2ccccc2C2CC2)cc1. The summed E-state index contributed by atoms with van der Waals surface area (Å²) in [6, 6.07) is 19.0. The Balaban J connectivity index is 1.66. The van der Waals surface area contributed by atoms with Crippen molar-refractivity contribution in [2.24, 2.45) is 0 Å². The van der Waals surface area contributed by atoms with Gasteiger partial charge < -0.3 is 5.32 Å². The lowest BCUT2D eigenvalue weighted by atomic mass is 10.0. The average Bonchev–Trinajstić information content (AvgIpc) is 3.32. The van der Waals surface area contributed by atoms with Crippen LogP contribution in [0.15, 0.2) is 48.5 Å². The van der Waals surface area contributed by atoms with Crippen LogP contribution in [-0.2, 0) is 13.0 Å². The first-order chi connectivity index (χ1) is 9.86. The van der Waals surface area contributed by atoms with Gasteiger partial charge in [-0.15, -0.1) is 0 Å². The number of nitrogens with one attached hydrogen (secondary N) is 1. The molecule has 100 valence electrons. The zero-order valence-electron chi connectivity index (χ0n) is 11.5. The smallest absolute Gasteiger partial charge is 0.0669 e. The Morgan fingerprint density at radius 1 is 1.05 bits per heavy atom. The molecule has 0 bridgehead atoms. The number of rotatable bonds is 5. The standard InChI is InChI=1S/C18H18N2/c19-12-11-14-5-9-17(10-6-14)20-13-16-3-1-2-4-18(16)15-7-8-15/h1-6,9-10,15,20H,7-8,11,13H2. The molecule has 20 heavy (non-hydrogen) atoms. The van der Waals surface area contributed by atoms with E-state index < -0.39 is 0 Å². The fraction of sp³-hybridized carbons (Fsp3) is 0.278. The van der Waals surface area contributed by atoms with E-state index in [1.54, 1.807) is 0 Å². The predicted octanol–water partition coefficient (Wildman–Crippen LogP) is 4.24. The van der Waals surface area contributed by atoms with E-state index >= 15 is 0 Å². The fourth-order valence-electron chi connectivity index (χ4n) is 2.52. The molecule has 2 heteroatoms. The molecule has 0 atom stereocenters. The molecule has 1 aliphatic carbocycles. The van der Waals surface area contributed by atoms with E-state index in [0.29, 0.717) is 6.42 Å². The summed E-state index contributed by atoms with van der Waals surface area (Å²) in [6.45, 7) is 0.865. The number of hydrogen-bond acceptors (Lipinski definition) is 2. The van der Waals surface area contributed by atoms with Gasteiger partial charge in [0.25, 0.3) is 0 Å². The lowest BCUT2D eigenvalue weighted by molar-refractivity contribution is 1.03. The summed E-state index contributed by atoms with van der Waals surface area (Å²) >= 11 is 0. The molecule has 1 aliphatic rings. The summed E-state index contributed by atoms with van der Waals surface area (Å²) in [5.74, 6) is 0.783. The molecule has 1 fully saturated rings. The summed E-state index contributed by atoms with van der Waals surface area (Å²) in [7, 11) is 0. The molecule has 0 spiro atoms. The summed E-state index contributed by atoms with van der Waals surface area (Å²) in [4.78, 5) is 0. The number of hydrogen-bond donors (Lipinski definition) is 1. The molecule has 0 aromatic heterocycles. The van der Waals surface area contributed by atoms with Gasteiger partial charge in [-0.3, -0.25) is 0 Å². The second-order valence-corrected chi connectivity index (χ2v) is 5.36. The van der Waals surface area contributed by atoms with Gasteiger partial charge in [-0.1, -0.05) is 36.4 Å². The number of nitriles is 1. The van der Waals surface area contributed by atoms with Gasteiger partial charge in [0.15, 0.2) is 0 Å². The zero-order chi connectivity index (χ0) is 13.8. The summed E-state index contributed by atoms with van der Waals surface area (Å²) in [5.41, 5.74) is 5.07. The third-order valence-corrected chi connectivity index (χ3v) is 3.79. The first-order valence-electron chi connectivity index (χ1n) is 7.14. The lowest BCUT2D eigenvalue weighted by Crippen LogP contribution is -2.02. The molecule has 0 heterocycles. The van der Waals surface area contributed by atoms with E-state index in [1.165, 1.54) is 24.0 Å². The van der Waals surface area contributed by atoms with Crippen molar-refractivity contribution in [2.45, 2.75) is 31.7 Å². The Kier molecular flexibility index (Phi) is 3.69. The van der Waals surface area contributed by atoms with Gasteiger partial charge in [0.1, 0.15) is 0 Å². The van der Waals surface area contributed by atoms with Crippen LogP contribution in [0.4, 0.5) is 5.69 Å². The third-order valence-electron chi connectivity index (χ3n) is 3.79. The van der Waals surface area contributed by atoms with E-state index in [9.17, 15) is 0 Å². The van der Waals surface area contributed by atoms with Crippen molar-refractivity contribution in [3.63, 3.8) is 0 Å². The van der Waals surface area contributed by atoms with Crippen molar-refractivity contribution in [1.82, 2.24) is 0 Å². The van der Waals surface area contributed by atoms with Crippen LogP contribution in [0.3, 0.4) is 0 Å². The minimum absolute atomic E-state index is 0.477. The Morgan fingerprint density at radius 3 is 2.50 bits per heavy atom. The first-order valence-corrected chi connectivity index (χ1v) is 7.14. The molecular weight excluding hydrogens is 244 g/mol.